The first-order chi connectivity index (χ1) is 8.65. The Bertz CT molecular complexity index is 395. The number of amides is 2. The van der Waals surface area contributed by atoms with E-state index in [9.17, 15) is 9.90 Å². The molecule has 0 saturated heterocycles. The van der Waals surface area contributed by atoms with Crippen LogP contribution in [0.5, 0.6) is 0 Å². The van der Waals surface area contributed by atoms with Crippen molar-refractivity contribution in [3.05, 3.63) is 29.8 Å². The zero-order chi connectivity index (χ0) is 13.0. The molecule has 4 heteroatoms. The summed E-state index contributed by atoms with van der Waals surface area (Å²) in [6.45, 7) is 1.72. The highest BCUT2D eigenvalue weighted by atomic mass is 16.3. The van der Waals surface area contributed by atoms with Crippen LogP contribution < -0.4 is 10.6 Å². The Labute approximate surface area is 107 Å². The summed E-state index contributed by atoms with van der Waals surface area (Å²) in [6, 6.07) is 7.41. The predicted molar refractivity (Wildman–Crippen MR) is 71.5 cm³/mol. The van der Waals surface area contributed by atoms with Crippen LogP contribution in [0.4, 0.5) is 10.5 Å². The summed E-state index contributed by atoms with van der Waals surface area (Å²) in [6.07, 6.45) is 4.08. The highest BCUT2D eigenvalue weighted by Crippen LogP contribution is 2.18. The third-order valence-corrected chi connectivity index (χ3v) is 3.34. The third-order valence-electron chi connectivity index (χ3n) is 3.34. The highest BCUT2D eigenvalue weighted by Gasteiger charge is 2.16. The Morgan fingerprint density at radius 3 is 2.44 bits per heavy atom. The van der Waals surface area contributed by atoms with E-state index in [0.29, 0.717) is 6.04 Å². The standard InChI is InChI=1S/C14H20N2O2/c1-10(17)11-6-8-13(9-7-11)16-14(18)15-12-4-2-3-5-12/h6-10,12,17H,2-5H2,1H3,(H2,15,16,18). The minimum atomic E-state index is -0.480. The maximum absolute atomic E-state index is 11.7. The lowest BCUT2D eigenvalue weighted by Crippen LogP contribution is -2.36. The molecule has 1 saturated carbocycles. The van der Waals surface area contributed by atoms with Crippen LogP contribution in [0.3, 0.4) is 0 Å². The Kier molecular flexibility index (Phi) is 4.20. The molecule has 0 bridgehead atoms. The minimum Gasteiger partial charge on any atom is -0.389 e. The number of carbonyl (C=O) groups is 1. The Morgan fingerprint density at radius 2 is 1.89 bits per heavy atom. The summed E-state index contributed by atoms with van der Waals surface area (Å²) in [4.78, 5) is 11.7. The second-order valence-corrected chi connectivity index (χ2v) is 4.88. The van der Waals surface area contributed by atoms with Crippen molar-refractivity contribution in [3.63, 3.8) is 0 Å². The maximum Gasteiger partial charge on any atom is 0.319 e. The number of nitrogens with one attached hydrogen (secondary N) is 2. The van der Waals surface area contributed by atoms with Crippen LogP contribution >= 0.6 is 0 Å². The molecule has 0 spiro atoms. The smallest absolute Gasteiger partial charge is 0.319 e. The average molecular weight is 248 g/mol. The van der Waals surface area contributed by atoms with Gasteiger partial charge >= 0.3 is 6.03 Å². The maximum atomic E-state index is 11.7. The van der Waals surface area contributed by atoms with Crippen LogP contribution in [0.2, 0.25) is 0 Å². The Hall–Kier alpha value is -1.55. The van der Waals surface area contributed by atoms with Crippen LogP contribution in [0.1, 0.15) is 44.3 Å². The molecule has 0 heterocycles. The quantitative estimate of drug-likeness (QED) is 0.770. The molecule has 1 aliphatic carbocycles. The molecule has 2 rings (SSSR count). The van der Waals surface area contributed by atoms with Gasteiger partial charge in [0.1, 0.15) is 0 Å². The van der Waals surface area contributed by atoms with Gasteiger partial charge in [0, 0.05) is 11.7 Å². The molecule has 1 atom stereocenters. The lowest BCUT2D eigenvalue weighted by molar-refractivity contribution is 0.199. The number of hydrogen-bond acceptors (Lipinski definition) is 2. The number of hydrogen-bond donors (Lipinski definition) is 3. The summed E-state index contributed by atoms with van der Waals surface area (Å²) >= 11 is 0. The van der Waals surface area contributed by atoms with Crippen LogP contribution in [0.25, 0.3) is 0 Å². The van der Waals surface area contributed by atoms with E-state index < -0.39 is 6.10 Å². The van der Waals surface area contributed by atoms with E-state index in [2.05, 4.69) is 10.6 Å². The van der Waals surface area contributed by atoms with E-state index in [1.165, 1.54) is 12.8 Å². The molecule has 1 aromatic carbocycles. The van der Waals surface area contributed by atoms with Gasteiger partial charge < -0.3 is 15.7 Å². The Balaban J connectivity index is 1.86. The Morgan fingerprint density at radius 1 is 1.28 bits per heavy atom. The van der Waals surface area contributed by atoms with E-state index in [-0.39, 0.29) is 6.03 Å². The van der Waals surface area contributed by atoms with Crippen molar-refractivity contribution in [2.45, 2.75) is 44.8 Å². The van der Waals surface area contributed by atoms with E-state index in [0.717, 1.165) is 24.1 Å². The lowest BCUT2D eigenvalue weighted by atomic mass is 10.1. The fraction of sp³-hybridized carbons (Fsp3) is 0.500. The normalized spacial score (nSPS) is 17.4. The van der Waals surface area contributed by atoms with Crippen LogP contribution in [0, 0.1) is 0 Å². The summed E-state index contributed by atoms with van der Waals surface area (Å²) < 4.78 is 0. The van der Waals surface area contributed by atoms with Gasteiger partial charge in [-0.15, -0.1) is 0 Å². The molecule has 4 nitrogen and oxygen atoms in total. The van der Waals surface area contributed by atoms with E-state index >= 15 is 0 Å². The molecular formula is C14H20N2O2. The third kappa shape index (κ3) is 3.47. The predicted octanol–water partition coefficient (Wildman–Crippen LogP) is 2.80. The van der Waals surface area contributed by atoms with E-state index in [4.69, 9.17) is 0 Å². The number of benzene rings is 1. The first-order valence-electron chi connectivity index (χ1n) is 6.50. The van der Waals surface area contributed by atoms with Gasteiger partial charge in [-0.05, 0) is 37.5 Å². The van der Waals surface area contributed by atoms with Crippen LogP contribution in [-0.2, 0) is 0 Å². The van der Waals surface area contributed by atoms with Gasteiger partial charge in [0.25, 0.3) is 0 Å². The molecule has 0 aromatic heterocycles. The van der Waals surface area contributed by atoms with Gasteiger partial charge in [0.15, 0.2) is 0 Å². The fourth-order valence-corrected chi connectivity index (χ4v) is 2.27. The van der Waals surface area contributed by atoms with Crippen molar-refractivity contribution in [1.82, 2.24) is 5.32 Å². The van der Waals surface area contributed by atoms with Crippen molar-refractivity contribution < 1.29 is 9.90 Å². The SMILES string of the molecule is CC(O)c1ccc(NC(=O)NC2CCCC2)cc1. The molecule has 0 radical (unpaired) electrons. The van der Waals surface area contributed by atoms with Gasteiger partial charge in [-0.3, -0.25) is 0 Å². The number of rotatable bonds is 3. The molecule has 3 N–H and O–H groups in total. The largest absolute Gasteiger partial charge is 0.389 e. The topological polar surface area (TPSA) is 61.4 Å². The van der Waals surface area contributed by atoms with E-state index in [1.54, 1.807) is 19.1 Å². The zero-order valence-electron chi connectivity index (χ0n) is 10.6. The van der Waals surface area contributed by atoms with Gasteiger partial charge in [-0.1, -0.05) is 25.0 Å². The van der Waals surface area contributed by atoms with Gasteiger partial charge in [0.2, 0.25) is 0 Å². The molecule has 1 fully saturated rings. The molecule has 2 amide bonds. The number of carbonyl (C=O) groups excluding carboxylic acids is 1. The molecule has 1 aliphatic rings. The van der Waals surface area contributed by atoms with Crippen molar-refractivity contribution in [1.29, 1.82) is 0 Å². The summed E-state index contributed by atoms with van der Waals surface area (Å²) in [5.41, 5.74) is 1.59. The monoisotopic (exact) mass is 248 g/mol. The lowest BCUT2D eigenvalue weighted by Gasteiger charge is -2.13. The second-order valence-electron chi connectivity index (χ2n) is 4.88. The summed E-state index contributed by atoms with van der Waals surface area (Å²) in [5.74, 6) is 0. The molecule has 1 aromatic rings. The number of anilines is 1. The van der Waals surface area contributed by atoms with Crippen molar-refractivity contribution in [2.75, 3.05) is 5.32 Å². The average Bonchev–Trinajstić information content (AvgIpc) is 2.82. The molecule has 1 unspecified atom stereocenters. The zero-order valence-corrected chi connectivity index (χ0v) is 10.6. The summed E-state index contributed by atoms with van der Waals surface area (Å²) in [5, 5.41) is 15.2. The van der Waals surface area contributed by atoms with Crippen molar-refractivity contribution >= 4 is 11.7 Å². The fourth-order valence-electron chi connectivity index (χ4n) is 2.27. The molecule has 18 heavy (non-hydrogen) atoms. The van der Waals surface area contributed by atoms with Gasteiger partial charge in [0.05, 0.1) is 6.10 Å². The molecule has 0 aliphatic heterocycles. The highest BCUT2D eigenvalue weighted by molar-refractivity contribution is 5.89. The van der Waals surface area contributed by atoms with Gasteiger partial charge in [-0.2, -0.15) is 0 Å². The van der Waals surface area contributed by atoms with Crippen LogP contribution in [-0.4, -0.2) is 17.2 Å². The second kappa shape index (κ2) is 5.87. The minimum absolute atomic E-state index is 0.147. The van der Waals surface area contributed by atoms with Crippen molar-refractivity contribution in [2.24, 2.45) is 0 Å². The number of urea groups is 1. The van der Waals surface area contributed by atoms with Crippen molar-refractivity contribution in [3.8, 4) is 0 Å². The first-order valence-corrected chi connectivity index (χ1v) is 6.50. The van der Waals surface area contributed by atoms with Crippen LogP contribution in [0.15, 0.2) is 24.3 Å². The molecule has 98 valence electrons. The number of aliphatic hydroxyl groups excluding tert-OH is 1. The first kappa shape index (κ1) is 12.9. The number of aliphatic hydroxyl groups is 1. The summed E-state index contributed by atoms with van der Waals surface area (Å²) in [7, 11) is 0. The van der Waals surface area contributed by atoms with Gasteiger partial charge in [-0.25, -0.2) is 4.79 Å². The van der Waals surface area contributed by atoms with E-state index in [1.807, 2.05) is 12.1 Å². The molecular weight excluding hydrogens is 228 g/mol.